The van der Waals surface area contributed by atoms with Gasteiger partial charge in [0.1, 0.15) is 5.82 Å². The van der Waals surface area contributed by atoms with Crippen LogP contribution in [-0.2, 0) is 13.6 Å². The molecule has 0 amide bonds. The van der Waals surface area contributed by atoms with Crippen LogP contribution < -0.4 is 5.73 Å². The van der Waals surface area contributed by atoms with E-state index in [-0.39, 0.29) is 0 Å². The quantitative estimate of drug-likeness (QED) is 0.796. The number of anilines is 1. The fourth-order valence-corrected chi connectivity index (χ4v) is 2.70. The second-order valence-electron chi connectivity index (χ2n) is 4.70. The Labute approximate surface area is 90.0 Å². The zero-order valence-electron chi connectivity index (χ0n) is 9.40. The predicted octanol–water partition coefficient (Wildman–Crippen LogP) is 1.43. The minimum Gasteiger partial charge on any atom is -0.384 e. The lowest BCUT2D eigenvalue weighted by molar-refractivity contribution is 0.195. The van der Waals surface area contributed by atoms with Crippen LogP contribution in [0.15, 0.2) is 0 Å². The molecule has 1 aromatic rings. The smallest absolute Gasteiger partial charge is 0.126 e. The van der Waals surface area contributed by atoms with Gasteiger partial charge in [0.25, 0.3) is 0 Å². The van der Waals surface area contributed by atoms with E-state index in [1.807, 2.05) is 11.7 Å². The van der Waals surface area contributed by atoms with E-state index in [4.69, 9.17) is 5.73 Å². The molecule has 1 unspecified atom stereocenters. The van der Waals surface area contributed by atoms with Crippen LogP contribution in [0.1, 0.15) is 43.5 Å². The fourth-order valence-electron chi connectivity index (χ4n) is 2.70. The number of hydrogen-bond donors (Lipinski definition) is 1. The van der Waals surface area contributed by atoms with Gasteiger partial charge in [-0.15, -0.1) is 0 Å². The molecular formula is C11H18N4. The number of nitrogens with two attached hydrogens (primary N) is 1. The molecule has 2 aliphatic rings. The predicted molar refractivity (Wildman–Crippen MR) is 59.2 cm³/mol. The molecule has 15 heavy (non-hydrogen) atoms. The van der Waals surface area contributed by atoms with E-state index in [0.29, 0.717) is 6.04 Å². The second-order valence-corrected chi connectivity index (χ2v) is 4.70. The molecular weight excluding hydrogens is 188 g/mol. The van der Waals surface area contributed by atoms with Gasteiger partial charge in [-0.1, -0.05) is 6.92 Å². The van der Waals surface area contributed by atoms with Crippen LogP contribution in [0.4, 0.5) is 5.82 Å². The molecule has 82 valence electrons. The molecule has 1 aliphatic heterocycles. The number of hydrogen-bond acceptors (Lipinski definition) is 3. The van der Waals surface area contributed by atoms with Gasteiger partial charge in [-0.3, -0.25) is 9.58 Å². The lowest BCUT2D eigenvalue weighted by Crippen LogP contribution is -2.25. The summed E-state index contributed by atoms with van der Waals surface area (Å²) in [4.78, 5) is 2.58. The highest BCUT2D eigenvalue weighted by Crippen LogP contribution is 2.44. The van der Waals surface area contributed by atoms with Crippen molar-refractivity contribution in [2.24, 2.45) is 7.05 Å². The van der Waals surface area contributed by atoms with Crippen LogP contribution in [0.3, 0.4) is 0 Å². The molecule has 1 fully saturated rings. The van der Waals surface area contributed by atoms with Gasteiger partial charge in [-0.25, -0.2) is 0 Å². The summed E-state index contributed by atoms with van der Waals surface area (Å²) in [5.41, 5.74) is 8.53. The highest BCUT2D eigenvalue weighted by atomic mass is 15.3. The molecule has 4 nitrogen and oxygen atoms in total. The van der Waals surface area contributed by atoms with Crippen LogP contribution >= 0.6 is 0 Å². The first-order valence-electron chi connectivity index (χ1n) is 5.79. The van der Waals surface area contributed by atoms with Gasteiger partial charge >= 0.3 is 0 Å². The highest BCUT2D eigenvalue weighted by Gasteiger charge is 2.41. The number of nitrogen functional groups attached to an aromatic ring is 1. The summed E-state index contributed by atoms with van der Waals surface area (Å²) in [7, 11) is 1.93. The molecule has 1 atom stereocenters. The Balaban J connectivity index is 1.99. The van der Waals surface area contributed by atoms with Gasteiger partial charge in [-0.2, -0.15) is 5.10 Å². The lowest BCUT2D eigenvalue weighted by atomic mass is 10.1. The van der Waals surface area contributed by atoms with E-state index in [2.05, 4.69) is 16.9 Å². The van der Waals surface area contributed by atoms with E-state index in [1.165, 1.54) is 24.1 Å². The Hall–Kier alpha value is -1.03. The standard InChI is InChI=1S/C11H18N4/c1-3-9-10-8(11(12)14(2)13-10)6-15(9)7-4-5-7/h7,9H,3-6,12H2,1-2H3. The average molecular weight is 206 g/mol. The molecule has 0 aromatic carbocycles. The van der Waals surface area contributed by atoms with E-state index in [1.54, 1.807) is 0 Å². The third kappa shape index (κ3) is 1.21. The van der Waals surface area contributed by atoms with Crippen molar-refractivity contribution in [1.82, 2.24) is 14.7 Å². The van der Waals surface area contributed by atoms with Gasteiger partial charge in [0.05, 0.1) is 11.7 Å². The summed E-state index contributed by atoms with van der Waals surface area (Å²) in [6, 6.07) is 1.31. The molecule has 2 N–H and O–H groups in total. The van der Waals surface area contributed by atoms with E-state index < -0.39 is 0 Å². The molecule has 1 saturated carbocycles. The minimum atomic E-state index is 0.510. The van der Waals surface area contributed by atoms with E-state index in [0.717, 1.165) is 24.8 Å². The molecule has 0 saturated heterocycles. The van der Waals surface area contributed by atoms with Crippen molar-refractivity contribution >= 4 is 5.82 Å². The Morgan fingerprint density at radius 2 is 2.20 bits per heavy atom. The monoisotopic (exact) mass is 206 g/mol. The Morgan fingerprint density at radius 1 is 1.47 bits per heavy atom. The summed E-state index contributed by atoms with van der Waals surface area (Å²) in [5.74, 6) is 0.853. The first-order chi connectivity index (χ1) is 7.22. The van der Waals surface area contributed by atoms with Crippen molar-refractivity contribution in [2.45, 2.75) is 44.8 Å². The molecule has 0 radical (unpaired) electrons. The molecule has 1 aliphatic carbocycles. The van der Waals surface area contributed by atoms with Crippen LogP contribution in [-0.4, -0.2) is 20.7 Å². The maximum Gasteiger partial charge on any atom is 0.126 e. The number of fused-ring (bicyclic) bond motifs is 1. The summed E-state index contributed by atoms with van der Waals surface area (Å²) in [5, 5.41) is 4.55. The molecule has 2 heterocycles. The molecule has 4 heteroatoms. The van der Waals surface area contributed by atoms with Gasteiger partial charge < -0.3 is 5.73 Å². The van der Waals surface area contributed by atoms with Crippen molar-refractivity contribution in [3.8, 4) is 0 Å². The molecule has 0 spiro atoms. The van der Waals surface area contributed by atoms with Crippen molar-refractivity contribution < 1.29 is 0 Å². The number of aryl methyl sites for hydroxylation is 1. The van der Waals surface area contributed by atoms with Crippen molar-refractivity contribution in [3.63, 3.8) is 0 Å². The third-order valence-electron chi connectivity index (χ3n) is 3.68. The number of nitrogens with zero attached hydrogens (tertiary/aromatic N) is 3. The first kappa shape index (κ1) is 9.21. The van der Waals surface area contributed by atoms with Crippen LogP contribution in [0.5, 0.6) is 0 Å². The van der Waals surface area contributed by atoms with E-state index in [9.17, 15) is 0 Å². The maximum atomic E-state index is 6.03. The maximum absolute atomic E-state index is 6.03. The van der Waals surface area contributed by atoms with Gasteiger partial charge in [0, 0.05) is 25.2 Å². The summed E-state index contributed by atoms with van der Waals surface area (Å²) in [6.07, 6.45) is 3.85. The summed E-state index contributed by atoms with van der Waals surface area (Å²) in [6.45, 7) is 3.25. The van der Waals surface area contributed by atoms with Crippen molar-refractivity contribution in [3.05, 3.63) is 11.3 Å². The zero-order chi connectivity index (χ0) is 10.6. The molecule has 0 bridgehead atoms. The lowest BCUT2D eigenvalue weighted by Gasteiger charge is -2.23. The van der Waals surface area contributed by atoms with Gasteiger partial charge in [0.2, 0.25) is 0 Å². The molecule has 3 rings (SSSR count). The third-order valence-corrected chi connectivity index (χ3v) is 3.68. The van der Waals surface area contributed by atoms with E-state index >= 15 is 0 Å². The molecule has 1 aromatic heterocycles. The Kier molecular flexibility index (Phi) is 1.83. The minimum absolute atomic E-state index is 0.510. The average Bonchev–Trinajstić information content (AvgIpc) is 2.95. The Bertz CT molecular complexity index is 392. The van der Waals surface area contributed by atoms with Crippen LogP contribution in [0.25, 0.3) is 0 Å². The first-order valence-corrected chi connectivity index (χ1v) is 5.79. The number of aromatic nitrogens is 2. The van der Waals surface area contributed by atoms with Crippen molar-refractivity contribution in [2.75, 3.05) is 5.73 Å². The zero-order valence-corrected chi connectivity index (χ0v) is 9.40. The fraction of sp³-hybridized carbons (Fsp3) is 0.727. The van der Waals surface area contributed by atoms with Crippen molar-refractivity contribution in [1.29, 1.82) is 0 Å². The SMILES string of the molecule is CCC1c2nn(C)c(N)c2CN1C1CC1. The summed E-state index contributed by atoms with van der Waals surface area (Å²) < 4.78 is 1.82. The highest BCUT2D eigenvalue weighted by molar-refractivity contribution is 5.47. The second kappa shape index (κ2) is 2.98. The van der Waals surface area contributed by atoms with Crippen LogP contribution in [0, 0.1) is 0 Å². The topological polar surface area (TPSA) is 47.1 Å². The number of rotatable bonds is 2. The van der Waals surface area contributed by atoms with Crippen LogP contribution in [0.2, 0.25) is 0 Å². The summed E-state index contributed by atoms with van der Waals surface area (Å²) >= 11 is 0. The largest absolute Gasteiger partial charge is 0.384 e. The van der Waals surface area contributed by atoms with Gasteiger partial charge in [-0.05, 0) is 19.3 Å². The Morgan fingerprint density at radius 3 is 2.80 bits per heavy atom. The normalized spacial score (nSPS) is 25.9. The van der Waals surface area contributed by atoms with Gasteiger partial charge in [0.15, 0.2) is 0 Å².